The van der Waals surface area contributed by atoms with Gasteiger partial charge in [0.2, 0.25) is 0 Å². The number of allylic oxidation sites excluding steroid dienone is 1. The molecule has 0 aliphatic heterocycles. The van der Waals surface area contributed by atoms with Crippen molar-refractivity contribution >= 4 is 38.8 Å². The molecule has 2 nitrogen and oxygen atoms in total. The van der Waals surface area contributed by atoms with Crippen molar-refractivity contribution in [3.8, 4) is 44.8 Å². The largest absolute Gasteiger partial charge is 0.313 e. The van der Waals surface area contributed by atoms with E-state index >= 15 is 0 Å². The SMILES string of the molecule is Cc1ccc(-c2cccc(-n3c4ccccc4c4cc(-c5ccc6c(c5)c5c(n6-c6ccc7c(c6)-c6ccccc6C7(C)C)C(C)CC=C5)ccc43)c2)cc1. The minimum atomic E-state index is -0.00750. The lowest BCUT2D eigenvalue weighted by Crippen LogP contribution is -2.15. The maximum absolute atomic E-state index is 2.55. The third-order valence-electron chi connectivity index (χ3n) is 12.6. The maximum Gasteiger partial charge on any atom is 0.0541 e. The molecule has 0 saturated carbocycles. The molecule has 11 rings (SSSR count). The average Bonchev–Trinajstić information content (AvgIpc) is 3.81. The van der Waals surface area contributed by atoms with E-state index in [2.05, 4.69) is 201 Å². The molecule has 0 bridgehead atoms. The summed E-state index contributed by atoms with van der Waals surface area (Å²) in [4.78, 5) is 0. The number of fused-ring (bicyclic) bond motifs is 9. The number of para-hydroxylation sites is 1. The van der Waals surface area contributed by atoms with Gasteiger partial charge >= 0.3 is 0 Å². The number of benzene rings is 7. The van der Waals surface area contributed by atoms with Crippen LogP contribution in [-0.2, 0) is 5.41 Å². The second-order valence-electron chi connectivity index (χ2n) is 16.3. The van der Waals surface area contributed by atoms with E-state index in [-0.39, 0.29) is 5.41 Å². The van der Waals surface area contributed by atoms with Crippen molar-refractivity contribution in [2.24, 2.45) is 0 Å². The molecule has 1 unspecified atom stereocenters. The Morgan fingerprint density at radius 2 is 1.16 bits per heavy atom. The molecule has 7 aromatic carbocycles. The van der Waals surface area contributed by atoms with Crippen LogP contribution in [0.4, 0.5) is 0 Å². The van der Waals surface area contributed by atoms with Crippen molar-refractivity contribution in [1.29, 1.82) is 0 Å². The van der Waals surface area contributed by atoms with E-state index in [0.717, 1.165) is 6.42 Å². The Hall–Kier alpha value is -6.38. The number of aromatic nitrogens is 2. The zero-order valence-corrected chi connectivity index (χ0v) is 31.8. The van der Waals surface area contributed by atoms with Gasteiger partial charge in [0, 0.05) is 50.1 Å². The van der Waals surface area contributed by atoms with Gasteiger partial charge in [0.05, 0.1) is 16.6 Å². The standard InChI is InChI=1S/C53H42N2/c1-33-19-21-35(22-20-33)36-12-10-13-39(29-36)54-49-18-8-6-15-42(49)45-30-37(23-27-50(45)54)38-24-28-51-46(31-38)43-16-9-11-34(2)52(43)55(51)40-25-26-48-44(32-40)41-14-5-7-17-47(41)53(48,3)4/h5-10,12-32,34H,11H2,1-4H3. The van der Waals surface area contributed by atoms with E-state index in [1.165, 1.54) is 105 Å². The molecule has 0 saturated heterocycles. The zero-order valence-electron chi connectivity index (χ0n) is 31.8. The van der Waals surface area contributed by atoms with Gasteiger partial charge in [0.25, 0.3) is 0 Å². The molecule has 2 aliphatic rings. The first kappa shape index (κ1) is 32.1. The normalized spacial score (nSPS) is 15.5. The van der Waals surface area contributed by atoms with E-state index in [1.54, 1.807) is 0 Å². The monoisotopic (exact) mass is 706 g/mol. The molecule has 0 radical (unpaired) electrons. The first-order valence-electron chi connectivity index (χ1n) is 19.7. The second kappa shape index (κ2) is 11.8. The van der Waals surface area contributed by atoms with Crippen LogP contribution in [0.2, 0.25) is 0 Å². The Balaban J connectivity index is 1.06. The molecular weight excluding hydrogens is 665 g/mol. The predicted octanol–water partition coefficient (Wildman–Crippen LogP) is 14.2. The Morgan fingerprint density at radius 3 is 2.00 bits per heavy atom. The summed E-state index contributed by atoms with van der Waals surface area (Å²) in [7, 11) is 0. The fourth-order valence-corrected chi connectivity index (χ4v) is 9.80. The van der Waals surface area contributed by atoms with Gasteiger partial charge in [0.1, 0.15) is 0 Å². The minimum absolute atomic E-state index is 0.00750. The van der Waals surface area contributed by atoms with E-state index in [1.807, 2.05) is 0 Å². The maximum atomic E-state index is 2.55. The van der Waals surface area contributed by atoms with Crippen LogP contribution in [0.15, 0.2) is 158 Å². The van der Waals surface area contributed by atoms with E-state index in [0.29, 0.717) is 5.92 Å². The summed E-state index contributed by atoms with van der Waals surface area (Å²) in [5.41, 5.74) is 20.6. The molecule has 2 aliphatic carbocycles. The topological polar surface area (TPSA) is 9.86 Å². The molecule has 9 aromatic rings. The lowest BCUT2D eigenvalue weighted by molar-refractivity contribution is 0.660. The molecular formula is C53H42N2. The highest BCUT2D eigenvalue weighted by Crippen LogP contribution is 2.50. The summed E-state index contributed by atoms with van der Waals surface area (Å²) >= 11 is 0. The van der Waals surface area contributed by atoms with Crippen LogP contribution >= 0.6 is 0 Å². The van der Waals surface area contributed by atoms with Crippen LogP contribution < -0.4 is 0 Å². The minimum Gasteiger partial charge on any atom is -0.313 e. The van der Waals surface area contributed by atoms with Crippen molar-refractivity contribution in [3.63, 3.8) is 0 Å². The van der Waals surface area contributed by atoms with Gasteiger partial charge in [0.15, 0.2) is 0 Å². The van der Waals surface area contributed by atoms with Gasteiger partial charge < -0.3 is 9.13 Å². The number of nitrogens with zero attached hydrogens (tertiary/aromatic N) is 2. The molecule has 0 amide bonds. The molecule has 2 heterocycles. The zero-order chi connectivity index (χ0) is 37.0. The van der Waals surface area contributed by atoms with Gasteiger partial charge in [-0.2, -0.15) is 0 Å². The number of rotatable bonds is 4. The van der Waals surface area contributed by atoms with Crippen LogP contribution in [0.25, 0.3) is 83.5 Å². The third-order valence-corrected chi connectivity index (χ3v) is 12.6. The lowest BCUT2D eigenvalue weighted by atomic mass is 9.82. The highest BCUT2D eigenvalue weighted by Gasteiger charge is 2.35. The lowest BCUT2D eigenvalue weighted by Gasteiger charge is -2.22. The quantitative estimate of drug-likeness (QED) is 0.172. The Morgan fingerprint density at radius 1 is 0.509 bits per heavy atom. The smallest absolute Gasteiger partial charge is 0.0541 e. The molecule has 264 valence electrons. The Kier molecular flexibility index (Phi) is 6.89. The van der Waals surface area contributed by atoms with Crippen molar-refractivity contribution in [1.82, 2.24) is 9.13 Å². The van der Waals surface area contributed by atoms with Crippen LogP contribution in [-0.4, -0.2) is 9.13 Å². The van der Waals surface area contributed by atoms with E-state index < -0.39 is 0 Å². The van der Waals surface area contributed by atoms with E-state index in [9.17, 15) is 0 Å². The number of hydrogen-bond acceptors (Lipinski definition) is 0. The predicted molar refractivity (Wildman–Crippen MR) is 233 cm³/mol. The van der Waals surface area contributed by atoms with Crippen LogP contribution in [0, 0.1) is 6.92 Å². The van der Waals surface area contributed by atoms with E-state index in [4.69, 9.17) is 0 Å². The summed E-state index contributed by atoms with van der Waals surface area (Å²) in [6, 6.07) is 56.9. The van der Waals surface area contributed by atoms with Crippen molar-refractivity contribution in [2.45, 2.75) is 45.4 Å². The summed E-state index contributed by atoms with van der Waals surface area (Å²) in [5, 5.41) is 3.85. The molecule has 55 heavy (non-hydrogen) atoms. The van der Waals surface area contributed by atoms with Crippen LogP contribution in [0.3, 0.4) is 0 Å². The molecule has 2 heteroatoms. The summed E-state index contributed by atoms with van der Waals surface area (Å²) in [6.07, 6.45) is 5.77. The summed E-state index contributed by atoms with van der Waals surface area (Å²) in [5.74, 6) is 0.417. The molecule has 2 aromatic heterocycles. The van der Waals surface area contributed by atoms with Crippen LogP contribution in [0.5, 0.6) is 0 Å². The average molecular weight is 707 g/mol. The van der Waals surface area contributed by atoms with Gasteiger partial charge in [-0.15, -0.1) is 0 Å². The number of aryl methyl sites for hydroxylation is 1. The first-order chi connectivity index (χ1) is 26.8. The Labute approximate surface area is 322 Å². The Bertz CT molecular complexity index is 3050. The highest BCUT2D eigenvalue weighted by atomic mass is 15.0. The summed E-state index contributed by atoms with van der Waals surface area (Å²) in [6.45, 7) is 9.24. The molecule has 0 spiro atoms. The first-order valence-corrected chi connectivity index (χ1v) is 19.7. The summed E-state index contributed by atoms with van der Waals surface area (Å²) < 4.78 is 4.98. The third kappa shape index (κ3) is 4.74. The molecule has 1 atom stereocenters. The van der Waals surface area contributed by atoms with Crippen molar-refractivity contribution in [2.75, 3.05) is 0 Å². The molecule has 0 N–H and O–H groups in total. The molecule has 0 fully saturated rings. The fourth-order valence-electron chi connectivity index (χ4n) is 9.80. The van der Waals surface area contributed by atoms with Gasteiger partial charge in [-0.05, 0) is 112 Å². The van der Waals surface area contributed by atoms with Crippen molar-refractivity contribution in [3.05, 3.63) is 186 Å². The number of hydrogen-bond donors (Lipinski definition) is 0. The van der Waals surface area contributed by atoms with Crippen molar-refractivity contribution < 1.29 is 0 Å². The fraction of sp³-hybridized carbons (Fsp3) is 0.132. The van der Waals surface area contributed by atoms with Gasteiger partial charge in [-0.3, -0.25) is 0 Å². The van der Waals surface area contributed by atoms with Crippen LogP contribution in [0.1, 0.15) is 61.1 Å². The van der Waals surface area contributed by atoms with Gasteiger partial charge in [-0.1, -0.05) is 136 Å². The second-order valence-corrected chi connectivity index (χ2v) is 16.3. The highest BCUT2D eigenvalue weighted by molar-refractivity contribution is 6.11. The van der Waals surface area contributed by atoms with Gasteiger partial charge in [-0.25, -0.2) is 0 Å².